The van der Waals surface area contributed by atoms with Gasteiger partial charge >= 0.3 is 5.97 Å². The third-order valence-electron chi connectivity index (χ3n) is 6.15. The molecule has 0 saturated heterocycles. The molecule has 1 aromatic rings. The van der Waals surface area contributed by atoms with Gasteiger partial charge in [0.15, 0.2) is 5.78 Å². The van der Waals surface area contributed by atoms with Crippen molar-refractivity contribution >= 4 is 33.4 Å². The van der Waals surface area contributed by atoms with E-state index in [1.807, 2.05) is 31.2 Å². The summed E-state index contributed by atoms with van der Waals surface area (Å²) < 4.78 is 6.90. The average molecular weight is 444 g/mol. The number of aliphatic imine (C=N–C) groups is 1. The van der Waals surface area contributed by atoms with E-state index in [0.29, 0.717) is 6.42 Å². The van der Waals surface area contributed by atoms with Gasteiger partial charge in [-0.25, -0.2) is 0 Å². The first kappa shape index (κ1) is 19.6. The Balaban J connectivity index is 1.71. The lowest BCUT2D eigenvalue weighted by molar-refractivity contribution is -0.153. The number of rotatable bonds is 3. The van der Waals surface area contributed by atoms with E-state index in [0.717, 1.165) is 65.5 Å². The fraction of sp³-hybridized carbons (Fsp3) is 0.522. The second kappa shape index (κ2) is 8.32. The second-order valence-electron chi connectivity index (χ2n) is 8.09. The summed E-state index contributed by atoms with van der Waals surface area (Å²) in [6.07, 6.45) is 7.47. The summed E-state index contributed by atoms with van der Waals surface area (Å²) in [5.41, 5.74) is 3.33. The fourth-order valence-electron chi connectivity index (χ4n) is 4.76. The smallest absolute Gasteiger partial charge is 0.315 e. The van der Waals surface area contributed by atoms with E-state index < -0.39 is 5.92 Å². The molecular weight excluding hydrogens is 418 g/mol. The highest BCUT2D eigenvalue weighted by molar-refractivity contribution is 9.10. The molecule has 0 aromatic heterocycles. The molecule has 2 atom stereocenters. The van der Waals surface area contributed by atoms with Gasteiger partial charge in [0.25, 0.3) is 0 Å². The molecule has 148 valence electrons. The van der Waals surface area contributed by atoms with Crippen LogP contribution in [-0.2, 0) is 14.3 Å². The van der Waals surface area contributed by atoms with Gasteiger partial charge in [-0.05, 0) is 63.1 Å². The van der Waals surface area contributed by atoms with Gasteiger partial charge in [-0.15, -0.1) is 0 Å². The molecule has 0 bridgehead atoms. The summed E-state index contributed by atoms with van der Waals surface area (Å²) in [5, 5.41) is 0. The van der Waals surface area contributed by atoms with Crippen molar-refractivity contribution in [1.82, 2.24) is 0 Å². The van der Waals surface area contributed by atoms with Crippen LogP contribution in [0.2, 0.25) is 0 Å². The summed E-state index contributed by atoms with van der Waals surface area (Å²) in [7, 11) is 0. The van der Waals surface area contributed by atoms with E-state index in [4.69, 9.17) is 9.73 Å². The Bertz CT molecular complexity index is 834. The Labute approximate surface area is 174 Å². The molecule has 2 aliphatic carbocycles. The monoisotopic (exact) mass is 443 g/mol. The van der Waals surface area contributed by atoms with Crippen LogP contribution in [0.15, 0.2) is 45.0 Å². The van der Waals surface area contributed by atoms with Crippen molar-refractivity contribution in [3.8, 4) is 0 Å². The van der Waals surface area contributed by atoms with Gasteiger partial charge in [0.1, 0.15) is 12.0 Å². The van der Waals surface area contributed by atoms with E-state index in [2.05, 4.69) is 15.9 Å². The molecule has 4 nitrogen and oxygen atoms in total. The number of carbonyl (C=O) groups is 2. The first-order valence-corrected chi connectivity index (χ1v) is 11.1. The molecule has 0 N–H and O–H groups in total. The predicted molar refractivity (Wildman–Crippen MR) is 112 cm³/mol. The van der Waals surface area contributed by atoms with Crippen molar-refractivity contribution < 1.29 is 14.3 Å². The summed E-state index contributed by atoms with van der Waals surface area (Å²) >= 11 is 3.48. The minimum atomic E-state index is -0.524. The van der Waals surface area contributed by atoms with Gasteiger partial charge in [0.05, 0.1) is 0 Å². The highest BCUT2D eigenvalue weighted by Crippen LogP contribution is 2.44. The molecule has 1 heterocycles. The van der Waals surface area contributed by atoms with Crippen LogP contribution < -0.4 is 0 Å². The summed E-state index contributed by atoms with van der Waals surface area (Å²) in [4.78, 5) is 30.8. The van der Waals surface area contributed by atoms with E-state index in [9.17, 15) is 9.59 Å². The van der Waals surface area contributed by atoms with Crippen LogP contribution in [0.1, 0.15) is 69.8 Å². The average Bonchev–Trinajstić information content (AvgIpc) is 2.68. The molecule has 0 radical (unpaired) electrons. The lowest BCUT2D eigenvalue weighted by Crippen LogP contribution is -2.38. The Morgan fingerprint density at radius 3 is 2.50 bits per heavy atom. The molecule has 1 fully saturated rings. The predicted octanol–water partition coefficient (Wildman–Crippen LogP) is 5.51. The molecule has 1 aliphatic heterocycles. The largest absolute Gasteiger partial charge is 0.462 e. The number of allylic oxidation sites excluding steroid dienone is 2. The van der Waals surface area contributed by atoms with Gasteiger partial charge in [-0.2, -0.15) is 0 Å². The van der Waals surface area contributed by atoms with Gasteiger partial charge in [0, 0.05) is 33.8 Å². The molecular formula is C23H26BrNO3. The quantitative estimate of drug-likeness (QED) is 0.578. The van der Waals surface area contributed by atoms with Crippen LogP contribution in [0.3, 0.4) is 0 Å². The van der Waals surface area contributed by atoms with Gasteiger partial charge in [-0.3, -0.25) is 14.6 Å². The molecule has 1 unspecified atom stereocenters. The van der Waals surface area contributed by atoms with Crippen molar-refractivity contribution in [2.24, 2.45) is 10.9 Å². The number of halogens is 1. The highest BCUT2D eigenvalue weighted by Gasteiger charge is 2.43. The number of hydrogen-bond donors (Lipinski definition) is 0. The van der Waals surface area contributed by atoms with Crippen LogP contribution in [0.5, 0.6) is 0 Å². The molecule has 0 amide bonds. The zero-order valence-corrected chi connectivity index (χ0v) is 17.8. The second-order valence-corrected chi connectivity index (χ2v) is 9.01. The van der Waals surface area contributed by atoms with Gasteiger partial charge in [0.2, 0.25) is 0 Å². The van der Waals surface area contributed by atoms with E-state index in [1.165, 1.54) is 6.42 Å². The van der Waals surface area contributed by atoms with Crippen LogP contribution in [-0.4, -0.2) is 23.6 Å². The maximum Gasteiger partial charge on any atom is 0.315 e. The van der Waals surface area contributed by atoms with Crippen LogP contribution in [0.4, 0.5) is 0 Å². The van der Waals surface area contributed by atoms with Crippen molar-refractivity contribution in [3.05, 3.63) is 45.6 Å². The lowest BCUT2D eigenvalue weighted by Gasteiger charge is -2.35. The molecule has 1 saturated carbocycles. The van der Waals surface area contributed by atoms with Crippen LogP contribution in [0.25, 0.3) is 0 Å². The standard InChI is InChI=1S/C23H26BrNO3/c1-14-20(23(27)28-17-6-3-2-4-7-17)21(15-10-12-16(24)13-11-15)22-18(25-14)8-5-9-19(22)26/h10-13,17,20-21H,2-9H2,1H3/t20?,21-/m1/s1. The summed E-state index contributed by atoms with van der Waals surface area (Å²) in [5.74, 6) is -0.930. The van der Waals surface area contributed by atoms with Crippen molar-refractivity contribution in [2.45, 2.75) is 70.3 Å². The van der Waals surface area contributed by atoms with Crippen molar-refractivity contribution in [3.63, 3.8) is 0 Å². The molecule has 28 heavy (non-hydrogen) atoms. The molecule has 3 aliphatic rings. The molecule has 5 heteroatoms. The van der Waals surface area contributed by atoms with Crippen molar-refractivity contribution in [2.75, 3.05) is 0 Å². The number of Topliss-reactive ketones (excluding diaryl/α,β-unsaturated/α-hetero) is 1. The first-order valence-electron chi connectivity index (χ1n) is 10.3. The molecule has 0 spiro atoms. The number of benzene rings is 1. The number of ketones is 1. The van der Waals surface area contributed by atoms with E-state index in [-0.39, 0.29) is 23.8 Å². The Morgan fingerprint density at radius 1 is 1.07 bits per heavy atom. The number of ether oxygens (including phenoxy) is 1. The normalized spacial score (nSPS) is 25.9. The maximum absolute atomic E-state index is 13.3. The third kappa shape index (κ3) is 3.86. The van der Waals surface area contributed by atoms with Gasteiger partial charge < -0.3 is 4.74 Å². The minimum absolute atomic E-state index is 0.00273. The zero-order chi connectivity index (χ0) is 19.7. The Morgan fingerprint density at radius 2 is 1.79 bits per heavy atom. The van der Waals surface area contributed by atoms with E-state index in [1.54, 1.807) is 0 Å². The third-order valence-corrected chi connectivity index (χ3v) is 6.68. The SMILES string of the molecule is CC1=NC2=C(C(=O)CCC2)[C@H](c2ccc(Br)cc2)C1C(=O)OC1CCCCC1. The minimum Gasteiger partial charge on any atom is -0.462 e. The van der Waals surface area contributed by atoms with Gasteiger partial charge in [-0.1, -0.05) is 34.5 Å². The highest BCUT2D eigenvalue weighted by atomic mass is 79.9. The summed E-state index contributed by atoms with van der Waals surface area (Å²) in [6, 6.07) is 7.93. The molecule has 4 rings (SSSR count). The number of nitrogens with zero attached hydrogens (tertiary/aromatic N) is 1. The number of esters is 1. The number of hydrogen-bond acceptors (Lipinski definition) is 4. The lowest BCUT2D eigenvalue weighted by atomic mass is 9.72. The Hall–Kier alpha value is -1.75. The number of carbonyl (C=O) groups excluding carboxylic acids is 2. The van der Waals surface area contributed by atoms with Crippen molar-refractivity contribution in [1.29, 1.82) is 0 Å². The van der Waals surface area contributed by atoms with Crippen LogP contribution >= 0.6 is 15.9 Å². The molecule has 1 aromatic carbocycles. The zero-order valence-electron chi connectivity index (χ0n) is 16.2. The van der Waals surface area contributed by atoms with Crippen LogP contribution in [0, 0.1) is 5.92 Å². The maximum atomic E-state index is 13.3. The Kier molecular flexibility index (Phi) is 5.81. The topological polar surface area (TPSA) is 55.7 Å². The first-order chi connectivity index (χ1) is 13.5. The fourth-order valence-corrected chi connectivity index (χ4v) is 5.03. The van der Waals surface area contributed by atoms with E-state index >= 15 is 0 Å². The summed E-state index contributed by atoms with van der Waals surface area (Å²) in [6.45, 7) is 1.90.